The minimum absolute atomic E-state index is 0.0458. The molecule has 0 aromatic heterocycles. The predicted molar refractivity (Wildman–Crippen MR) is 140 cm³/mol. The summed E-state index contributed by atoms with van der Waals surface area (Å²) in [6, 6.07) is 13.1. The van der Waals surface area contributed by atoms with E-state index in [1.165, 1.54) is 4.90 Å². The number of alkyl halides is 3. The van der Waals surface area contributed by atoms with Gasteiger partial charge < -0.3 is 20.2 Å². The minimum Gasteiger partial charge on any atom is -0.395 e. The molecule has 4 rings (SSSR count). The van der Waals surface area contributed by atoms with Crippen LogP contribution < -0.4 is 10.2 Å². The maximum Gasteiger partial charge on any atom is 0.401 e. The highest BCUT2D eigenvalue weighted by Crippen LogP contribution is 2.28. The number of aliphatic hydroxyl groups excluding tert-OH is 1. The number of piperazine rings is 1. The average Bonchev–Trinajstić information content (AvgIpc) is 2.89. The van der Waals surface area contributed by atoms with Crippen molar-refractivity contribution in [2.24, 2.45) is 0 Å². The first-order chi connectivity index (χ1) is 18.1. The first kappa shape index (κ1) is 27.7. The van der Waals surface area contributed by atoms with E-state index in [0.29, 0.717) is 11.1 Å². The molecule has 7 nitrogen and oxygen atoms in total. The number of amides is 1. The van der Waals surface area contributed by atoms with Crippen LogP contribution in [0.25, 0.3) is 0 Å². The van der Waals surface area contributed by atoms with E-state index in [9.17, 15) is 28.3 Å². The molecule has 1 atom stereocenters. The summed E-state index contributed by atoms with van der Waals surface area (Å²) in [5.74, 6) is -0.237. The molecule has 2 fully saturated rings. The fourth-order valence-electron chi connectivity index (χ4n) is 5.43. The van der Waals surface area contributed by atoms with Crippen molar-refractivity contribution in [3.05, 3.63) is 58.7 Å². The van der Waals surface area contributed by atoms with Crippen LogP contribution in [-0.4, -0.2) is 84.9 Å². The molecule has 0 aliphatic carbocycles. The summed E-state index contributed by atoms with van der Waals surface area (Å²) in [6.45, 7) is 4.18. The summed E-state index contributed by atoms with van der Waals surface area (Å²) in [7, 11) is 0. The first-order valence-electron chi connectivity index (χ1n) is 12.9. The summed E-state index contributed by atoms with van der Waals surface area (Å²) < 4.78 is 38.7. The predicted octanol–water partition coefficient (Wildman–Crippen LogP) is 3.94. The number of aliphatic hydroxyl groups is 1. The fourth-order valence-corrected chi connectivity index (χ4v) is 5.43. The molecule has 1 amide bonds. The quantitative estimate of drug-likeness (QED) is 0.590. The van der Waals surface area contributed by atoms with E-state index < -0.39 is 25.4 Å². The second kappa shape index (κ2) is 11.6. The number of benzene rings is 2. The smallest absolute Gasteiger partial charge is 0.395 e. The molecule has 0 saturated carbocycles. The molecule has 1 unspecified atom stereocenters. The van der Waals surface area contributed by atoms with Gasteiger partial charge in [-0.05, 0) is 56.0 Å². The van der Waals surface area contributed by atoms with Crippen LogP contribution in [0.4, 0.5) is 24.5 Å². The highest BCUT2D eigenvalue weighted by atomic mass is 19.4. The zero-order valence-electron chi connectivity index (χ0n) is 21.8. The Hall–Kier alpha value is -3.29. The minimum atomic E-state index is -4.36. The van der Waals surface area contributed by atoms with Gasteiger partial charge in [0.1, 0.15) is 6.07 Å². The number of hydrogen-bond donors (Lipinski definition) is 2. The van der Waals surface area contributed by atoms with Crippen molar-refractivity contribution in [2.45, 2.75) is 44.9 Å². The Bertz CT molecular complexity index is 1190. The van der Waals surface area contributed by atoms with Crippen LogP contribution >= 0.6 is 0 Å². The highest BCUT2D eigenvalue weighted by molar-refractivity contribution is 5.97. The number of halogens is 3. The molecule has 38 heavy (non-hydrogen) atoms. The Morgan fingerprint density at radius 3 is 2.47 bits per heavy atom. The largest absolute Gasteiger partial charge is 0.401 e. The van der Waals surface area contributed by atoms with Crippen LogP contribution in [0.1, 0.15) is 39.9 Å². The Morgan fingerprint density at radius 2 is 1.82 bits per heavy atom. The maximum absolute atomic E-state index is 13.4. The molecule has 0 radical (unpaired) electrons. The van der Waals surface area contributed by atoms with Gasteiger partial charge in [0.25, 0.3) is 5.91 Å². The number of aryl methyl sites for hydroxylation is 2. The SMILES string of the molecule is Cc1cc(C)c(C(=O)N2CCN(CC(F)(F)F)C(CO)C2)cc1NC1CCN(c2ccccc2C#N)CC1. The molecule has 2 aromatic rings. The van der Waals surface area contributed by atoms with Crippen LogP contribution in [0, 0.1) is 25.2 Å². The van der Waals surface area contributed by atoms with Crippen LogP contribution in [0.15, 0.2) is 36.4 Å². The van der Waals surface area contributed by atoms with Gasteiger partial charge >= 0.3 is 6.18 Å². The number of nitrogens with one attached hydrogen (secondary N) is 1. The molecule has 2 N–H and O–H groups in total. The van der Waals surface area contributed by atoms with Crippen molar-refractivity contribution >= 4 is 17.3 Å². The number of carbonyl (C=O) groups excluding carboxylic acids is 1. The normalized spacial score (nSPS) is 19.3. The van der Waals surface area contributed by atoms with Crippen LogP contribution in [-0.2, 0) is 0 Å². The lowest BCUT2D eigenvalue weighted by molar-refractivity contribution is -0.156. The second-order valence-corrected chi connectivity index (χ2v) is 10.2. The van der Waals surface area contributed by atoms with Gasteiger partial charge in [-0.2, -0.15) is 18.4 Å². The molecular formula is C28H34F3N5O2. The highest BCUT2D eigenvalue weighted by Gasteiger charge is 2.37. The zero-order chi connectivity index (χ0) is 27.4. The molecule has 2 aromatic carbocycles. The van der Waals surface area contributed by atoms with E-state index in [4.69, 9.17) is 0 Å². The van der Waals surface area contributed by atoms with Crippen LogP contribution in [0.5, 0.6) is 0 Å². The lowest BCUT2D eigenvalue weighted by atomic mass is 9.99. The van der Waals surface area contributed by atoms with E-state index in [1.807, 2.05) is 50.2 Å². The van der Waals surface area contributed by atoms with Crippen molar-refractivity contribution < 1.29 is 23.1 Å². The summed E-state index contributed by atoms with van der Waals surface area (Å²) in [5.41, 5.74) is 4.81. The molecule has 2 heterocycles. The standard InChI is InChI=1S/C28H34F3N5O2/c1-19-13-20(2)25(33-22-7-9-34(10-8-22)26-6-4-3-5-21(26)15-32)14-24(19)27(38)35-11-12-36(18-28(29,30)31)23(16-35)17-37/h3-6,13-14,22-23,33,37H,7-12,16-18H2,1-2H3. The van der Waals surface area contributed by atoms with Gasteiger partial charge in [-0.25, -0.2) is 0 Å². The molecule has 2 aliphatic heterocycles. The van der Waals surface area contributed by atoms with E-state index in [2.05, 4.69) is 16.3 Å². The van der Waals surface area contributed by atoms with Crippen LogP contribution in [0.3, 0.4) is 0 Å². The number of piperidine rings is 1. The fraction of sp³-hybridized carbons (Fsp3) is 0.500. The Kier molecular flexibility index (Phi) is 8.48. The molecule has 10 heteroatoms. The van der Waals surface area contributed by atoms with Crippen molar-refractivity contribution in [2.75, 3.05) is 56.1 Å². The summed E-state index contributed by atoms with van der Waals surface area (Å²) in [4.78, 5) is 18.4. The lowest BCUT2D eigenvalue weighted by Gasteiger charge is -2.41. The summed E-state index contributed by atoms with van der Waals surface area (Å²) in [5, 5.41) is 22.7. The zero-order valence-corrected chi connectivity index (χ0v) is 21.8. The topological polar surface area (TPSA) is 82.8 Å². The van der Waals surface area contributed by atoms with Gasteiger partial charge in [0.05, 0.1) is 30.4 Å². The Balaban J connectivity index is 1.42. The lowest BCUT2D eigenvalue weighted by Crippen LogP contribution is -2.58. The number of hydrogen-bond acceptors (Lipinski definition) is 6. The molecule has 2 saturated heterocycles. The van der Waals surface area contributed by atoms with Gasteiger partial charge in [-0.3, -0.25) is 9.69 Å². The second-order valence-electron chi connectivity index (χ2n) is 10.2. The van der Waals surface area contributed by atoms with Crippen molar-refractivity contribution in [1.82, 2.24) is 9.80 Å². The molecular weight excluding hydrogens is 495 g/mol. The van der Waals surface area contributed by atoms with Crippen molar-refractivity contribution in [1.29, 1.82) is 5.26 Å². The molecule has 0 spiro atoms. The van der Waals surface area contributed by atoms with Gasteiger partial charge in [0.2, 0.25) is 0 Å². The monoisotopic (exact) mass is 529 g/mol. The Morgan fingerprint density at radius 1 is 1.11 bits per heavy atom. The van der Waals surface area contributed by atoms with Crippen LogP contribution in [0.2, 0.25) is 0 Å². The third kappa shape index (κ3) is 6.40. The third-order valence-electron chi connectivity index (χ3n) is 7.51. The third-order valence-corrected chi connectivity index (χ3v) is 7.51. The molecule has 2 aliphatic rings. The number of para-hydroxylation sites is 1. The number of anilines is 2. The average molecular weight is 530 g/mol. The van der Waals surface area contributed by atoms with E-state index in [0.717, 1.165) is 48.4 Å². The van der Waals surface area contributed by atoms with Gasteiger partial charge in [0, 0.05) is 50.0 Å². The maximum atomic E-state index is 13.4. The van der Waals surface area contributed by atoms with Gasteiger partial charge in [0.15, 0.2) is 0 Å². The van der Waals surface area contributed by atoms with E-state index >= 15 is 0 Å². The number of carbonyl (C=O) groups is 1. The number of rotatable bonds is 6. The van der Waals surface area contributed by atoms with Crippen molar-refractivity contribution in [3.8, 4) is 6.07 Å². The summed E-state index contributed by atoms with van der Waals surface area (Å²) >= 11 is 0. The first-order valence-corrected chi connectivity index (χ1v) is 12.9. The van der Waals surface area contributed by atoms with Gasteiger partial charge in [-0.1, -0.05) is 18.2 Å². The van der Waals surface area contributed by atoms with Crippen molar-refractivity contribution in [3.63, 3.8) is 0 Å². The van der Waals surface area contributed by atoms with Gasteiger partial charge in [-0.15, -0.1) is 0 Å². The Labute approximate surface area is 221 Å². The number of nitrogens with zero attached hydrogens (tertiary/aromatic N) is 4. The summed E-state index contributed by atoms with van der Waals surface area (Å²) in [6.07, 6.45) is -2.62. The van der Waals surface area contributed by atoms with E-state index in [-0.39, 0.29) is 31.6 Å². The molecule has 0 bridgehead atoms. The van der Waals surface area contributed by atoms with E-state index in [1.54, 1.807) is 4.90 Å². The molecule has 204 valence electrons. The number of nitriles is 1.